The fraction of sp³-hybridized carbons (Fsp3) is 0.400. The number of carbonyl (C=O) groups is 1. The second kappa shape index (κ2) is 10.9. The molecule has 0 aliphatic carbocycles. The fourth-order valence-electron chi connectivity index (χ4n) is 7.56. The van der Waals surface area contributed by atoms with Crippen LogP contribution in [-0.2, 0) is 17.8 Å². The van der Waals surface area contributed by atoms with Crippen molar-refractivity contribution in [3.05, 3.63) is 101 Å². The van der Waals surface area contributed by atoms with E-state index in [9.17, 15) is 4.79 Å². The van der Waals surface area contributed by atoms with Gasteiger partial charge in [-0.3, -0.25) is 0 Å². The summed E-state index contributed by atoms with van der Waals surface area (Å²) in [6, 6.07) is 26.4. The number of aromatic nitrogens is 1. The molecule has 0 saturated carbocycles. The van der Waals surface area contributed by atoms with Crippen LogP contribution in [0.1, 0.15) is 59.0 Å². The minimum absolute atomic E-state index is 0.221. The second-order valence-electron chi connectivity index (χ2n) is 12.2. The maximum absolute atomic E-state index is 13.2. The predicted molar refractivity (Wildman–Crippen MR) is 165 cm³/mol. The molecule has 6 nitrogen and oxygen atoms in total. The van der Waals surface area contributed by atoms with E-state index in [1.54, 1.807) is 0 Å². The minimum Gasteiger partial charge on any atom is -0.445 e. The van der Waals surface area contributed by atoms with E-state index in [1.807, 2.05) is 35.2 Å². The van der Waals surface area contributed by atoms with Gasteiger partial charge in [-0.2, -0.15) is 0 Å². The van der Waals surface area contributed by atoms with Gasteiger partial charge in [0.25, 0.3) is 0 Å². The molecular weight excluding hydrogens is 508 g/mol. The molecule has 1 amide bonds. The van der Waals surface area contributed by atoms with Crippen LogP contribution in [0.4, 0.5) is 10.5 Å². The number of para-hydroxylation sites is 1. The van der Waals surface area contributed by atoms with E-state index in [2.05, 4.69) is 71.3 Å². The summed E-state index contributed by atoms with van der Waals surface area (Å²) in [6.45, 7) is 3.94. The molecule has 3 aliphatic rings. The van der Waals surface area contributed by atoms with Gasteiger partial charge in [-0.05, 0) is 73.7 Å². The molecule has 0 spiro atoms. The number of aromatic amines is 1. The summed E-state index contributed by atoms with van der Waals surface area (Å²) in [4.78, 5) is 24.0. The number of piperidine rings is 1. The first-order valence-corrected chi connectivity index (χ1v) is 15.2. The zero-order valence-corrected chi connectivity index (χ0v) is 24.2. The number of hydrogen-bond donors (Lipinski definition) is 1. The zero-order chi connectivity index (χ0) is 27.9. The second-order valence-corrected chi connectivity index (χ2v) is 12.2. The molecule has 0 radical (unpaired) electrons. The average Bonchev–Trinajstić information content (AvgIpc) is 3.52. The van der Waals surface area contributed by atoms with Crippen LogP contribution >= 0.6 is 0 Å². The number of fused-ring (bicyclic) bond motifs is 6. The summed E-state index contributed by atoms with van der Waals surface area (Å²) in [5.41, 5.74) is 9.12. The summed E-state index contributed by atoms with van der Waals surface area (Å²) in [5.74, 6) is 0.816. The van der Waals surface area contributed by atoms with Gasteiger partial charge in [0.05, 0.1) is 0 Å². The molecule has 4 aromatic rings. The molecule has 6 heteroatoms. The van der Waals surface area contributed by atoms with Crippen LogP contribution in [0, 0.1) is 0 Å². The van der Waals surface area contributed by atoms with Crippen molar-refractivity contribution >= 4 is 22.7 Å². The van der Waals surface area contributed by atoms with Crippen LogP contribution in [0.5, 0.6) is 0 Å². The molecule has 0 bridgehead atoms. The number of hydrogen-bond acceptors (Lipinski definition) is 4. The van der Waals surface area contributed by atoms with Gasteiger partial charge in [0, 0.05) is 66.8 Å². The highest BCUT2D eigenvalue weighted by molar-refractivity contribution is 5.85. The van der Waals surface area contributed by atoms with E-state index in [1.165, 1.54) is 45.4 Å². The van der Waals surface area contributed by atoms with Crippen molar-refractivity contribution in [1.29, 1.82) is 0 Å². The molecule has 3 atom stereocenters. The van der Waals surface area contributed by atoms with E-state index in [-0.39, 0.29) is 12.0 Å². The third-order valence-electron chi connectivity index (χ3n) is 9.72. The smallest absolute Gasteiger partial charge is 0.410 e. The Morgan fingerprint density at radius 1 is 0.951 bits per heavy atom. The standard InChI is InChI=1S/C35H40N4O2/c1-37-19-17-33-30(22-37)29-21-25(14-15-32(29)38(33)2)26-12-8-18-39(35(40)41-23-24-9-4-3-5-10-24)20-16-28-27-11-6-7-13-31(27)36-34(26)28/h3-7,9-11,13-15,21,26,30,33,36H,8,12,16-20,22-23H2,1-2H3/t26?,30-,33+/m0/s1. The van der Waals surface area contributed by atoms with Crippen molar-refractivity contribution < 1.29 is 9.53 Å². The molecule has 4 heterocycles. The van der Waals surface area contributed by atoms with Crippen LogP contribution in [-0.4, -0.2) is 67.2 Å². The highest BCUT2D eigenvalue weighted by atomic mass is 16.6. The van der Waals surface area contributed by atoms with Crippen LogP contribution in [0.25, 0.3) is 10.9 Å². The molecule has 1 unspecified atom stereocenters. The quantitative estimate of drug-likeness (QED) is 0.317. The first-order valence-electron chi connectivity index (χ1n) is 15.2. The summed E-state index contributed by atoms with van der Waals surface area (Å²) < 4.78 is 5.76. The highest BCUT2D eigenvalue weighted by Crippen LogP contribution is 2.46. The van der Waals surface area contributed by atoms with Crippen molar-refractivity contribution in [2.75, 3.05) is 45.2 Å². The van der Waals surface area contributed by atoms with Gasteiger partial charge in [0.1, 0.15) is 6.61 Å². The Morgan fingerprint density at radius 2 is 1.78 bits per heavy atom. The average molecular weight is 549 g/mol. The fourth-order valence-corrected chi connectivity index (χ4v) is 7.56. The van der Waals surface area contributed by atoms with Crippen LogP contribution < -0.4 is 4.90 Å². The number of H-pyrrole nitrogens is 1. The number of ether oxygens (including phenoxy) is 1. The predicted octanol–water partition coefficient (Wildman–Crippen LogP) is 6.51. The summed E-state index contributed by atoms with van der Waals surface area (Å²) in [6.07, 6.45) is 3.70. The highest BCUT2D eigenvalue weighted by Gasteiger charge is 2.40. The molecule has 3 aromatic carbocycles. The summed E-state index contributed by atoms with van der Waals surface area (Å²) in [7, 11) is 4.53. The van der Waals surface area contributed by atoms with Crippen LogP contribution in [0.3, 0.4) is 0 Å². The number of carbonyl (C=O) groups excluding carboxylic acids is 1. The number of benzene rings is 3. The Labute approximate surface area is 242 Å². The van der Waals surface area contributed by atoms with Gasteiger partial charge in [-0.15, -0.1) is 0 Å². The Morgan fingerprint density at radius 3 is 2.66 bits per heavy atom. The van der Waals surface area contributed by atoms with Gasteiger partial charge < -0.3 is 24.4 Å². The van der Waals surface area contributed by atoms with E-state index in [0.717, 1.165) is 37.9 Å². The van der Waals surface area contributed by atoms with Crippen molar-refractivity contribution in [1.82, 2.24) is 14.8 Å². The molecular formula is C35H40N4O2. The lowest BCUT2D eigenvalue weighted by Crippen LogP contribution is -2.43. The van der Waals surface area contributed by atoms with Gasteiger partial charge in [-0.25, -0.2) is 4.79 Å². The molecule has 1 aromatic heterocycles. The lowest BCUT2D eigenvalue weighted by molar-refractivity contribution is 0.0960. The van der Waals surface area contributed by atoms with E-state index in [0.29, 0.717) is 31.7 Å². The molecule has 1 fully saturated rings. The molecule has 1 N–H and O–H groups in total. The van der Waals surface area contributed by atoms with Crippen molar-refractivity contribution in [2.24, 2.45) is 0 Å². The molecule has 212 valence electrons. The van der Waals surface area contributed by atoms with E-state index < -0.39 is 0 Å². The summed E-state index contributed by atoms with van der Waals surface area (Å²) in [5, 5.41) is 1.27. The lowest BCUT2D eigenvalue weighted by Gasteiger charge is -2.35. The first-order chi connectivity index (χ1) is 20.1. The molecule has 3 aliphatic heterocycles. The van der Waals surface area contributed by atoms with E-state index in [4.69, 9.17) is 4.74 Å². The molecule has 1 saturated heterocycles. The van der Waals surface area contributed by atoms with Crippen molar-refractivity contribution in [2.45, 2.75) is 50.2 Å². The number of amides is 1. The third kappa shape index (κ3) is 4.88. The van der Waals surface area contributed by atoms with Crippen molar-refractivity contribution in [3.8, 4) is 0 Å². The largest absolute Gasteiger partial charge is 0.445 e. The number of rotatable bonds is 3. The maximum atomic E-state index is 13.2. The zero-order valence-electron chi connectivity index (χ0n) is 24.2. The number of anilines is 1. The van der Waals surface area contributed by atoms with Crippen LogP contribution in [0.15, 0.2) is 72.8 Å². The van der Waals surface area contributed by atoms with Gasteiger partial charge >= 0.3 is 6.09 Å². The number of likely N-dealkylation sites (tertiary alicyclic amines) is 1. The number of nitrogens with zero attached hydrogens (tertiary/aromatic N) is 3. The lowest BCUT2D eigenvalue weighted by atomic mass is 9.84. The monoisotopic (exact) mass is 548 g/mol. The van der Waals surface area contributed by atoms with Gasteiger partial charge in [0.15, 0.2) is 0 Å². The molecule has 41 heavy (non-hydrogen) atoms. The third-order valence-corrected chi connectivity index (χ3v) is 9.72. The SMILES string of the molecule is CN1CC[C@@H]2[C@@H](C1)c1cc(C3CCCN(C(=O)OCc4ccccc4)CCc4c3[nH]c3ccccc43)ccc1N2C. The maximum Gasteiger partial charge on any atom is 0.410 e. The first kappa shape index (κ1) is 26.1. The van der Waals surface area contributed by atoms with Crippen LogP contribution in [0.2, 0.25) is 0 Å². The minimum atomic E-state index is -0.221. The topological polar surface area (TPSA) is 51.8 Å². The Bertz CT molecular complexity index is 1550. The number of nitrogens with one attached hydrogen (secondary N) is 1. The Hall–Kier alpha value is -3.77. The Kier molecular flexibility index (Phi) is 6.95. The normalized spacial score (nSPS) is 22.8. The van der Waals surface area contributed by atoms with Gasteiger partial charge in [0.2, 0.25) is 0 Å². The summed E-state index contributed by atoms with van der Waals surface area (Å²) >= 11 is 0. The van der Waals surface area contributed by atoms with E-state index >= 15 is 0 Å². The van der Waals surface area contributed by atoms with Gasteiger partial charge in [-0.1, -0.05) is 60.7 Å². The molecule has 7 rings (SSSR count). The Balaban J connectivity index is 1.20. The van der Waals surface area contributed by atoms with Crippen molar-refractivity contribution in [3.63, 3.8) is 0 Å². The number of likely N-dealkylation sites (N-methyl/N-ethyl adjacent to an activating group) is 2.